The van der Waals surface area contributed by atoms with Gasteiger partial charge in [-0.1, -0.05) is 60.7 Å². The second kappa shape index (κ2) is 8.97. The molecule has 0 spiro atoms. The molecule has 0 aliphatic carbocycles. The molecule has 0 amide bonds. The van der Waals surface area contributed by atoms with Gasteiger partial charge < -0.3 is 4.90 Å². The summed E-state index contributed by atoms with van der Waals surface area (Å²) in [4.78, 5) is 9.79. The van der Waals surface area contributed by atoms with E-state index in [1.54, 1.807) is 0 Å². The van der Waals surface area contributed by atoms with E-state index in [1.807, 2.05) is 12.3 Å². The summed E-state index contributed by atoms with van der Waals surface area (Å²) in [6.45, 7) is 8.04. The van der Waals surface area contributed by atoms with Gasteiger partial charge in [0.05, 0.1) is 11.7 Å². The standard InChI is InChI=1S/C27H29N5/c1-20-25(21(2)30-29-20)26(23-12-7-4-8-13-23)31-16-18-32(19-17-31)27-24(14-9-15-28-27)22-10-5-3-6-11-22/h3-15,26H,16-19H2,1-2H3,(H,29,30). The van der Waals surface area contributed by atoms with E-state index < -0.39 is 0 Å². The maximum absolute atomic E-state index is 4.78. The lowest BCUT2D eigenvalue weighted by molar-refractivity contribution is 0.211. The number of hydrogen-bond donors (Lipinski definition) is 1. The van der Waals surface area contributed by atoms with Crippen LogP contribution in [0.5, 0.6) is 0 Å². The SMILES string of the molecule is Cc1n[nH]c(C)c1C(c1ccccc1)N1CCN(c2ncccc2-c2ccccc2)CC1. The Labute approximate surface area is 189 Å². The van der Waals surface area contributed by atoms with Crippen LogP contribution in [-0.4, -0.2) is 46.3 Å². The van der Waals surface area contributed by atoms with Crippen molar-refractivity contribution in [2.24, 2.45) is 0 Å². The van der Waals surface area contributed by atoms with Crippen molar-refractivity contribution in [2.45, 2.75) is 19.9 Å². The van der Waals surface area contributed by atoms with Crippen molar-refractivity contribution in [2.75, 3.05) is 31.1 Å². The number of aryl methyl sites for hydroxylation is 2. The minimum absolute atomic E-state index is 0.203. The first-order chi connectivity index (χ1) is 15.7. The molecule has 3 heterocycles. The van der Waals surface area contributed by atoms with Crippen molar-refractivity contribution in [1.29, 1.82) is 0 Å². The van der Waals surface area contributed by atoms with Gasteiger partial charge in [0.2, 0.25) is 0 Å². The van der Waals surface area contributed by atoms with Crippen molar-refractivity contribution >= 4 is 5.82 Å². The smallest absolute Gasteiger partial charge is 0.136 e. The molecule has 0 radical (unpaired) electrons. The molecule has 162 valence electrons. The average Bonchev–Trinajstić information content (AvgIpc) is 3.19. The molecule has 1 N–H and O–H groups in total. The minimum Gasteiger partial charge on any atom is -0.354 e. The highest BCUT2D eigenvalue weighted by atomic mass is 15.3. The molecule has 5 nitrogen and oxygen atoms in total. The van der Waals surface area contributed by atoms with E-state index >= 15 is 0 Å². The number of anilines is 1. The topological polar surface area (TPSA) is 48.1 Å². The van der Waals surface area contributed by atoms with Crippen LogP contribution >= 0.6 is 0 Å². The van der Waals surface area contributed by atoms with E-state index in [1.165, 1.54) is 22.3 Å². The van der Waals surface area contributed by atoms with Crippen LogP contribution in [-0.2, 0) is 0 Å². The highest BCUT2D eigenvalue weighted by Crippen LogP contribution is 2.34. The maximum atomic E-state index is 4.78. The molecular formula is C27H29N5. The normalized spacial score (nSPS) is 15.6. The van der Waals surface area contributed by atoms with Gasteiger partial charge in [-0.3, -0.25) is 10.00 Å². The highest BCUT2D eigenvalue weighted by molar-refractivity contribution is 5.75. The lowest BCUT2D eigenvalue weighted by Gasteiger charge is -2.40. The van der Waals surface area contributed by atoms with Gasteiger partial charge in [-0.15, -0.1) is 0 Å². The van der Waals surface area contributed by atoms with Crippen LogP contribution in [0.2, 0.25) is 0 Å². The molecule has 2 aromatic carbocycles. The fourth-order valence-electron chi connectivity index (χ4n) is 4.84. The van der Waals surface area contributed by atoms with Crippen molar-refractivity contribution in [3.8, 4) is 11.1 Å². The predicted octanol–water partition coefficient (Wildman–Crippen LogP) is 5.00. The summed E-state index contributed by atoms with van der Waals surface area (Å²) in [6.07, 6.45) is 1.90. The van der Waals surface area contributed by atoms with Gasteiger partial charge in [-0.05, 0) is 37.1 Å². The molecule has 5 heteroatoms. The zero-order valence-electron chi connectivity index (χ0n) is 18.7. The van der Waals surface area contributed by atoms with Gasteiger partial charge >= 0.3 is 0 Å². The Balaban J connectivity index is 1.42. The Hall–Kier alpha value is -3.44. The number of hydrogen-bond acceptors (Lipinski definition) is 4. The van der Waals surface area contributed by atoms with Gasteiger partial charge in [-0.25, -0.2) is 4.98 Å². The molecule has 1 unspecified atom stereocenters. The molecule has 1 aliphatic heterocycles. The Morgan fingerprint density at radius 2 is 1.50 bits per heavy atom. The Morgan fingerprint density at radius 1 is 0.812 bits per heavy atom. The first kappa shape index (κ1) is 20.5. The van der Waals surface area contributed by atoms with E-state index in [2.05, 4.69) is 101 Å². The van der Waals surface area contributed by atoms with Crippen molar-refractivity contribution in [1.82, 2.24) is 20.1 Å². The number of aromatic nitrogens is 3. The number of rotatable bonds is 5. The van der Waals surface area contributed by atoms with E-state index in [0.717, 1.165) is 43.4 Å². The molecule has 1 fully saturated rings. The molecule has 1 aliphatic rings. The summed E-state index contributed by atoms with van der Waals surface area (Å²) in [6, 6.07) is 25.8. The third kappa shape index (κ3) is 3.92. The summed E-state index contributed by atoms with van der Waals surface area (Å²) < 4.78 is 0. The van der Waals surface area contributed by atoms with Crippen LogP contribution in [0.15, 0.2) is 79.0 Å². The fourth-order valence-corrected chi connectivity index (χ4v) is 4.84. The van der Waals surface area contributed by atoms with Crippen LogP contribution in [0.1, 0.15) is 28.6 Å². The lowest BCUT2D eigenvalue weighted by atomic mass is 9.94. The third-order valence-electron chi connectivity index (χ3n) is 6.42. The van der Waals surface area contributed by atoms with E-state index in [9.17, 15) is 0 Å². The van der Waals surface area contributed by atoms with Crippen LogP contribution in [0.25, 0.3) is 11.1 Å². The van der Waals surface area contributed by atoms with Crippen LogP contribution in [0.4, 0.5) is 5.82 Å². The molecule has 32 heavy (non-hydrogen) atoms. The van der Waals surface area contributed by atoms with Crippen molar-refractivity contribution in [3.05, 3.63) is 102 Å². The number of nitrogens with one attached hydrogen (secondary N) is 1. The first-order valence-electron chi connectivity index (χ1n) is 11.3. The van der Waals surface area contributed by atoms with Gasteiger partial charge in [0, 0.05) is 49.2 Å². The van der Waals surface area contributed by atoms with Crippen molar-refractivity contribution in [3.63, 3.8) is 0 Å². The monoisotopic (exact) mass is 423 g/mol. The average molecular weight is 424 g/mol. The van der Waals surface area contributed by atoms with E-state index in [4.69, 9.17) is 4.98 Å². The number of pyridine rings is 1. The van der Waals surface area contributed by atoms with E-state index in [0.29, 0.717) is 0 Å². The van der Waals surface area contributed by atoms with Gasteiger partial charge in [0.15, 0.2) is 0 Å². The molecule has 1 saturated heterocycles. The van der Waals surface area contributed by atoms with Crippen LogP contribution in [0.3, 0.4) is 0 Å². The fraction of sp³-hybridized carbons (Fsp3) is 0.259. The molecule has 2 aromatic heterocycles. The zero-order valence-corrected chi connectivity index (χ0v) is 18.7. The Bertz CT molecular complexity index is 1140. The van der Waals surface area contributed by atoms with Gasteiger partial charge in [0.25, 0.3) is 0 Å². The number of piperazine rings is 1. The highest BCUT2D eigenvalue weighted by Gasteiger charge is 2.30. The number of aromatic amines is 1. The second-order valence-electron chi connectivity index (χ2n) is 8.42. The summed E-state index contributed by atoms with van der Waals surface area (Å²) in [7, 11) is 0. The summed E-state index contributed by atoms with van der Waals surface area (Å²) >= 11 is 0. The second-order valence-corrected chi connectivity index (χ2v) is 8.42. The van der Waals surface area contributed by atoms with Gasteiger partial charge in [0.1, 0.15) is 5.82 Å². The first-order valence-corrected chi connectivity index (χ1v) is 11.3. The van der Waals surface area contributed by atoms with Crippen LogP contribution in [0, 0.1) is 13.8 Å². The largest absolute Gasteiger partial charge is 0.354 e. The summed E-state index contributed by atoms with van der Waals surface area (Å²) in [5.41, 5.74) is 7.25. The molecule has 5 rings (SSSR count). The van der Waals surface area contributed by atoms with Crippen LogP contribution < -0.4 is 4.90 Å². The van der Waals surface area contributed by atoms with E-state index in [-0.39, 0.29) is 6.04 Å². The zero-order chi connectivity index (χ0) is 21.9. The molecular weight excluding hydrogens is 394 g/mol. The van der Waals surface area contributed by atoms with Gasteiger partial charge in [-0.2, -0.15) is 5.10 Å². The molecule has 4 aromatic rings. The number of H-pyrrole nitrogens is 1. The van der Waals surface area contributed by atoms with Crippen molar-refractivity contribution < 1.29 is 0 Å². The third-order valence-corrected chi connectivity index (χ3v) is 6.42. The summed E-state index contributed by atoms with van der Waals surface area (Å²) in [5.74, 6) is 1.07. The Morgan fingerprint density at radius 3 is 2.16 bits per heavy atom. The minimum atomic E-state index is 0.203. The summed E-state index contributed by atoms with van der Waals surface area (Å²) in [5, 5.41) is 7.68. The Kier molecular flexibility index (Phi) is 5.73. The molecule has 0 saturated carbocycles. The molecule has 1 atom stereocenters. The number of benzene rings is 2. The quantitative estimate of drug-likeness (QED) is 0.491. The maximum Gasteiger partial charge on any atom is 0.136 e. The predicted molar refractivity (Wildman–Crippen MR) is 130 cm³/mol. The number of nitrogens with zero attached hydrogens (tertiary/aromatic N) is 4. The molecule has 0 bridgehead atoms. The lowest BCUT2D eigenvalue weighted by Crippen LogP contribution is -2.48.